The number of aryl methyl sites for hydroxylation is 1. The van der Waals surface area contributed by atoms with E-state index in [1.165, 1.54) is 7.11 Å². The topological polar surface area (TPSA) is 72.6 Å². The van der Waals surface area contributed by atoms with Crippen molar-refractivity contribution in [2.24, 2.45) is 5.92 Å². The molecule has 1 aromatic heterocycles. The van der Waals surface area contributed by atoms with Gasteiger partial charge >= 0.3 is 5.97 Å². The van der Waals surface area contributed by atoms with Crippen LogP contribution in [0.25, 0.3) is 0 Å². The van der Waals surface area contributed by atoms with Crippen LogP contribution in [-0.4, -0.2) is 42.1 Å². The highest BCUT2D eigenvalue weighted by molar-refractivity contribution is 5.93. The van der Waals surface area contributed by atoms with E-state index in [4.69, 9.17) is 4.52 Å². The Bertz CT molecular complexity index is 440. The number of hydrogen-bond donors (Lipinski definition) is 0. The van der Waals surface area contributed by atoms with Gasteiger partial charge in [-0.25, -0.2) is 0 Å². The molecule has 1 unspecified atom stereocenters. The molecule has 1 aromatic rings. The Kier molecular flexibility index (Phi) is 3.12. The third-order valence-corrected chi connectivity index (χ3v) is 2.86. The summed E-state index contributed by atoms with van der Waals surface area (Å²) < 4.78 is 9.51. The van der Waals surface area contributed by atoms with E-state index in [0.29, 0.717) is 25.3 Å². The molecule has 6 heteroatoms. The van der Waals surface area contributed by atoms with E-state index in [1.54, 1.807) is 17.9 Å². The minimum Gasteiger partial charge on any atom is -0.469 e. The Hall–Kier alpha value is -1.85. The average Bonchev–Trinajstić information content (AvgIpc) is 2.95. The van der Waals surface area contributed by atoms with Crippen molar-refractivity contribution in [2.45, 2.75) is 13.3 Å². The molecular formula is C11H14N2O4. The lowest BCUT2D eigenvalue weighted by molar-refractivity contribution is -0.144. The Morgan fingerprint density at radius 2 is 2.35 bits per heavy atom. The molecule has 0 saturated carbocycles. The molecule has 1 fully saturated rings. The summed E-state index contributed by atoms with van der Waals surface area (Å²) in [6.07, 6.45) is 0.634. The monoisotopic (exact) mass is 238 g/mol. The Balaban J connectivity index is 2.01. The minimum absolute atomic E-state index is 0.201. The molecule has 0 aliphatic carbocycles. The van der Waals surface area contributed by atoms with E-state index in [1.807, 2.05) is 0 Å². The fourth-order valence-electron chi connectivity index (χ4n) is 1.93. The number of rotatable bonds is 2. The van der Waals surface area contributed by atoms with E-state index in [9.17, 15) is 9.59 Å². The number of carbonyl (C=O) groups is 2. The van der Waals surface area contributed by atoms with Gasteiger partial charge in [-0.2, -0.15) is 0 Å². The number of ether oxygens (including phenoxy) is 1. The summed E-state index contributed by atoms with van der Waals surface area (Å²) in [5, 5.41) is 3.67. The first-order valence-electron chi connectivity index (χ1n) is 5.42. The third kappa shape index (κ3) is 2.30. The lowest BCUT2D eigenvalue weighted by Crippen LogP contribution is -2.30. The van der Waals surface area contributed by atoms with Gasteiger partial charge in [0.25, 0.3) is 5.91 Å². The molecule has 1 atom stereocenters. The van der Waals surface area contributed by atoms with Crippen LogP contribution in [0.15, 0.2) is 10.6 Å². The smallest absolute Gasteiger partial charge is 0.310 e. The van der Waals surface area contributed by atoms with Gasteiger partial charge in [0, 0.05) is 19.2 Å². The quantitative estimate of drug-likeness (QED) is 0.706. The van der Waals surface area contributed by atoms with Gasteiger partial charge in [0.15, 0.2) is 5.69 Å². The lowest BCUT2D eigenvalue weighted by atomic mass is 10.1. The van der Waals surface area contributed by atoms with Crippen molar-refractivity contribution in [3.05, 3.63) is 17.5 Å². The molecule has 1 aliphatic heterocycles. The lowest BCUT2D eigenvalue weighted by Gasteiger charge is -2.13. The van der Waals surface area contributed by atoms with E-state index in [-0.39, 0.29) is 23.5 Å². The standard InChI is InChI=1S/C11H14N2O4/c1-7-5-9(12-17-7)10(14)13-4-3-8(6-13)11(15)16-2/h5,8H,3-4,6H2,1-2H3. The summed E-state index contributed by atoms with van der Waals surface area (Å²) in [6.45, 7) is 2.66. The van der Waals surface area contributed by atoms with Gasteiger partial charge in [-0.3, -0.25) is 9.59 Å². The molecule has 1 saturated heterocycles. The van der Waals surface area contributed by atoms with Crippen LogP contribution in [0.3, 0.4) is 0 Å². The van der Waals surface area contributed by atoms with Gasteiger partial charge in [-0.1, -0.05) is 5.16 Å². The maximum Gasteiger partial charge on any atom is 0.310 e. The van der Waals surface area contributed by atoms with Crippen LogP contribution in [-0.2, 0) is 9.53 Å². The highest BCUT2D eigenvalue weighted by Crippen LogP contribution is 2.19. The summed E-state index contributed by atoms with van der Waals surface area (Å²) in [6, 6.07) is 1.59. The van der Waals surface area contributed by atoms with Crippen molar-refractivity contribution < 1.29 is 18.8 Å². The molecule has 0 bridgehead atoms. The zero-order chi connectivity index (χ0) is 12.4. The highest BCUT2D eigenvalue weighted by Gasteiger charge is 2.33. The highest BCUT2D eigenvalue weighted by atomic mass is 16.5. The molecule has 92 valence electrons. The zero-order valence-electron chi connectivity index (χ0n) is 9.80. The van der Waals surface area contributed by atoms with Crippen molar-refractivity contribution in [3.8, 4) is 0 Å². The van der Waals surface area contributed by atoms with E-state index in [0.717, 1.165) is 0 Å². The van der Waals surface area contributed by atoms with Gasteiger partial charge in [0.05, 0.1) is 13.0 Å². The molecule has 0 radical (unpaired) electrons. The van der Waals surface area contributed by atoms with Crippen molar-refractivity contribution in [1.82, 2.24) is 10.1 Å². The third-order valence-electron chi connectivity index (χ3n) is 2.86. The van der Waals surface area contributed by atoms with Gasteiger partial charge in [-0.15, -0.1) is 0 Å². The Morgan fingerprint density at radius 1 is 1.59 bits per heavy atom. The largest absolute Gasteiger partial charge is 0.469 e. The van der Waals surface area contributed by atoms with Crippen LogP contribution < -0.4 is 0 Å². The number of carbonyl (C=O) groups excluding carboxylic acids is 2. The predicted molar refractivity (Wildman–Crippen MR) is 57.3 cm³/mol. The van der Waals surface area contributed by atoms with Gasteiger partial charge in [-0.05, 0) is 13.3 Å². The Labute approximate surface area is 98.5 Å². The molecule has 2 heterocycles. The summed E-state index contributed by atoms with van der Waals surface area (Å²) in [5.74, 6) is -0.0982. The number of esters is 1. The SMILES string of the molecule is COC(=O)C1CCN(C(=O)c2cc(C)on2)C1. The Morgan fingerprint density at radius 3 is 2.94 bits per heavy atom. The van der Waals surface area contributed by atoms with E-state index in [2.05, 4.69) is 9.89 Å². The zero-order valence-corrected chi connectivity index (χ0v) is 9.80. The van der Waals surface area contributed by atoms with Crippen LogP contribution in [0, 0.1) is 12.8 Å². The van der Waals surface area contributed by atoms with Gasteiger partial charge in [0.2, 0.25) is 0 Å². The number of aromatic nitrogens is 1. The van der Waals surface area contributed by atoms with Crippen LogP contribution >= 0.6 is 0 Å². The maximum atomic E-state index is 12.0. The van der Waals surface area contributed by atoms with Crippen molar-refractivity contribution in [1.29, 1.82) is 0 Å². The number of likely N-dealkylation sites (tertiary alicyclic amines) is 1. The van der Waals surface area contributed by atoms with Crippen molar-refractivity contribution in [2.75, 3.05) is 20.2 Å². The van der Waals surface area contributed by atoms with E-state index >= 15 is 0 Å². The first kappa shape index (κ1) is 11.6. The van der Waals surface area contributed by atoms with Crippen molar-refractivity contribution in [3.63, 3.8) is 0 Å². The fraction of sp³-hybridized carbons (Fsp3) is 0.545. The van der Waals surface area contributed by atoms with Crippen LogP contribution in [0.4, 0.5) is 0 Å². The minimum atomic E-state index is -0.267. The second-order valence-electron chi connectivity index (χ2n) is 4.08. The molecule has 0 aromatic carbocycles. The molecule has 1 amide bonds. The normalized spacial score (nSPS) is 19.4. The van der Waals surface area contributed by atoms with Crippen LogP contribution in [0.2, 0.25) is 0 Å². The maximum absolute atomic E-state index is 12.0. The number of amides is 1. The molecule has 1 aliphatic rings. The van der Waals surface area contributed by atoms with Gasteiger partial charge in [0.1, 0.15) is 5.76 Å². The van der Waals surface area contributed by atoms with Crippen LogP contribution in [0.5, 0.6) is 0 Å². The average molecular weight is 238 g/mol. The predicted octanol–water partition coefficient (Wildman–Crippen LogP) is 0.618. The molecule has 17 heavy (non-hydrogen) atoms. The number of methoxy groups -OCH3 is 1. The van der Waals surface area contributed by atoms with Crippen molar-refractivity contribution >= 4 is 11.9 Å². The summed E-state index contributed by atoms with van der Waals surface area (Å²) in [7, 11) is 1.35. The summed E-state index contributed by atoms with van der Waals surface area (Å²) >= 11 is 0. The number of hydrogen-bond acceptors (Lipinski definition) is 5. The number of nitrogens with zero attached hydrogens (tertiary/aromatic N) is 2. The molecule has 0 N–H and O–H groups in total. The van der Waals surface area contributed by atoms with Crippen LogP contribution in [0.1, 0.15) is 22.7 Å². The molecule has 0 spiro atoms. The second kappa shape index (κ2) is 4.57. The van der Waals surface area contributed by atoms with Gasteiger partial charge < -0.3 is 14.2 Å². The first-order valence-corrected chi connectivity index (χ1v) is 5.42. The molecule has 6 nitrogen and oxygen atoms in total. The van der Waals surface area contributed by atoms with E-state index < -0.39 is 0 Å². The molecular weight excluding hydrogens is 224 g/mol. The first-order chi connectivity index (χ1) is 8.11. The summed E-state index contributed by atoms with van der Waals surface area (Å²) in [5.41, 5.74) is 0.285. The second-order valence-corrected chi connectivity index (χ2v) is 4.08. The molecule has 2 rings (SSSR count). The summed E-state index contributed by atoms with van der Waals surface area (Å²) in [4.78, 5) is 24.9. The fourth-order valence-corrected chi connectivity index (χ4v) is 1.93.